The quantitative estimate of drug-likeness (QED) is 0.848. The summed E-state index contributed by atoms with van der Waals surface area (Å²) in [5.41, 5.74) is 1.82. The summed E-state index contributed by atoms with van der Waals surface area (Å²) in [5, 5.41) is 14.2. The van der Waals surface area contributed by atoms with Gasteiger partial charge in [-0.05, 0) is 37.7 Å². The molecule has 140 valence electrons. The molecule has 7 nitrogen and oxygen atoms in total. The predicted molar refractivity (Wildman–Crippen MR) is 98.4 cm³/mol. The van der Waals surface area contributed by atoms with Crippen molar-refractivity contribution in [2.45, 2.75) is 19.0 Å². The lowest BCUT2D eigenvalue weighted by Gasteiger charge is -2.26. The second-order valence-electron chi connectivity index (χ2n) is 6.75. The zero-order valence-electron chi connectivity index (χ0n) is 15.3. The number of nitrogens with zero attached hydrogens (tertiary/aromatic N) is 4. The first-order chi connectivity index (χ1) is 12.6. The van der Waals surface area contributed by atoms with E-state index in [1.807, 2.05) is 35.4 Å². The van der Waals surface area contributed by atoms with Crippen molar-refractivity contribution in [2.24, 2.45) is 0 Å². The molecular weight excluding hydrogens is 332 g/mol. The molecule has 0 saturated carbocycles. The summed E-state index contributed by atoms with van der Waals surface area (Å²) in [6, 6.07) is 7.14. The molecule has 2 aromatic rings. The molecule has 0 amide bonds. The molecule has 1 aliphatic rings. The number of hydrogen-bond acceptors (Lipinski definition) is 5. The Morgan fingerprint density at radius 2 is 2.00 bits per heavy atom. The lowest BCUT2D eigenvalue weighted by Crippen LogP contribution is -2.36. The first kappa shape index (κ1) is 18.4. The maximum absolute atomic E-state index is 11.9. The summed E-state index contributed by atoms with van der Waals surface area (Å²) in [6.07, 6.45) is 4.49. The highest BCUT2D eigenvalue weighted by Gasteiger charge is 2.29. The van der Waals surface area contributed by atoms with Gasteiger partial charge < -0.3 is 14.7 Å². The molecular formula is C19H26N4O3. The van der Waals surface area contributed by atoms with Gasteiger partial charge in [-0.3, -0.25) is 14.4 Å². The molecule has 1 aromatic carbocycles. The lowest BCUT2D eigenvalue weighted by atomic mass is 10.1. The molecule has 0 bridgehead atoms. The largest absolute Gasteiger partial charge is 0.497 e. The van der Waals surface area contributed by atoms with Gasteiger partial charge in [-0.2, -0.15) is 5.10 Å². The van der Waals surface area contributed by atoms with Crippen LogP contribution in [0.15, 0.2) is 36.7 Å². The van der Waals surface area contributed by atoms with Crippen LogP contribution in [0.2, 0.25) is 0 Å². The van der Waals surface area contributed by atoms with Crippen LogP contribution in [-0.4, -0.2) is 71.0 Å². The Labute approximate surface area is 153 Å². The van der Waals surface area contributed by atoms with Crippen molar-refractivity contribution < 1.29 is 14.6 Å². The second kappa shape index (κ2) is 8.33. The van der Waals surface area contributed by atoms with Gasteiger partial charge in [0.2, 0.25) is 0 Å². The molecule has 0 radical (unpaired) electrons. The van der Waals surface area contributed by atoms with Crippen LogP contribution in [0.3, 0.4) is 0 Å². The van der Waals surface area contributed by atoms with Crippen molar-refractivity contribution in [3.05, 3.63) is 47.8 Å². The summed E-state index contributed by atoms with van der Waals surface area (Å²) in [7, 11) is 3.72. The van der Waals surface area contributed by atoms with Crippen LogP contribution in [0.25, 0.3) is 0 Å². The minimum Gasteiger partial charge on any atom is -0.497 e. The van der Waals surface area contributed by atoms with Crippen molar-refractivity contribution >= 4 is 5.97 Å². The number of carboxylic acid groups (broad SMARTS) is 1. The highest BCUT2D eigenvalue weighted by Crippen LogP contribution is 2.23. The van der Waals surface area contributed by atoms with Crippen LogP contribution in [0.5, 0.6) is 5.75 Å². The fraction of sp³-hybridized carbons (Fsp3) is 0.474. The first-order valence-corrected chi connectivity index (χ1v) is 8.87. The maximum Gasteiger partial charge on any atom is 0.325 e. The molecule has 26 heavy (non-hydrogen) atoms. The summed E-state index contributed by atoms with van der Waals surface area (Å²) in [5.74, 6) is -0.00877. The van der Waals surface area contributed by atoms with Gasteiger partial charge >= 0.3 is 5.97 Å². The Morgan fingerprint density at radius 1 is 1.23 bits per heavy atom. The first-order valence-electron chi connectivity index (χ1n) is 8.87. The van der Waals surface area contributed by atoms with Crippen LogP contribution < -0.4 is 4.74 Å². The number of hydrogen-bond donors (Lipinski definition) is 1. The monoisotopic (exact) mass is 358 g/mol. The zero-order valence-corrected chi connectivity index (χ0v) is 15.3. The van der Waals surface area contributed by atoms with E-state index in [1.54, 1.807) is 18.0 Å². The Kier molecular flexibility index (Phi) is 5.90. The van der Waals surface area contributed by atoms with Crippen LogP contribution in [0.4, 0.5) is 0 Å². The number of rotatable bonds is 6. The average Bonchev–Trinajstić information content (AvgIpc) is 2.96. The van der Waals surface area contributed by atoms with Crippen molar-refractivity contribution in [3.63, 3.8) is 0 Å². The summed E-state index contributed by atoms with van der Waals surface area (Å²) in [6.45, 7) is 4.00. The van der Waals surface area contributed by atoms with Crippen LogP contribution in [0.1, 0.15) is 23.6 Å². The van der Waals surface area contributed by atoms with E-state index in [2.05, 4.69) is 17.0 Å². The van der Waals surface area contributed by atoms with Crippen molar-refractivity contribution in [1.82, 2.24) is 19.6 Å². The van der Waals surface area contributed by atoms with Crippen molar-refractivity contribution in [1.29, 1.82) is 0 Å². The molecule has 0 unspecified atom stereocenters. The number of aliphatic carboxylic acids is 1. The molecule has 1 saturated heterocycles. The molecule has 2 heterocycles. The van der Waals surface area contributed by atoms with E-state index in [1.165, 1.54) is 0 Å². The molecule has 1 N–H and O–H groups in total. The van der Waals surface area contributed by atoms with Gasteiger partial charge in [0, 0.05) is 31.4 Å². The zero-order chi connectivity index (χ0) is 18.5. The molecule has 1 atom stereocenters. The van der Waals surface area contributed by atoms with Gasteiger partial charge in [-0.15, -0.1) is 0 Å². The number of ether oxygens (including phenoxy) is 1. The molecule has 1 aromatic heterocycles. The molecule has 1 aliphatic heterocycles. The Morgan fingerprint density at radius 3 is 2.69 bits per heavy atom. The number of benzene rings is 1. The van der Waals surface area contributed by atoms with Crippen LogP contribution in [0, 0.1) is 0 Å². The number of carboxylic acids is 1. The third kappa shape index (κ3) is 4.42. The number of methoxy groups -OCH3 is 1. The standard InChI is InChI=1S/C19H26N4O3/c1-21-8-3-9-22(11-10-21)18(19(24)25)16-12-20-23(14-16)13-15-4-6-17(26-2)7-5-15/h4-7,12,14,18H,3,8-11,13H2,1-2H3,(H,24,25)/t18-/m1/s1. The molecule has 1 fully saturated rings. The van der Waals surface area contributed by atoms with E-state index < -0.39 is 12.0 Å². The molecule has 0 spiro atoms. The van der Waals surface area contributed by atoms with Gasteiger partial charge in [0.15, 0.2) is 0 Å². The summed E-state index contributed by atoms with van der Waals surface area (Å²) >= 11 is 0. The lowest BCUT2D eigenvalue weighted by molar-refractivity contribution is -0.143. The highest BCUT2D eigenvalue weighted by atomic mass is 16.5. The highest BCUT2D eigenvalue weighted by molar-refractivity contribution is 5.75. The number of aromatic nitrogens is 2. The third-order valence-electron chi connectivity index (χ3n) is 4.83. The Hall–Kier alpha value is -2.38. The van der Waals surface area contributed by atoms with Gasteiger partial charge in [-0.25, -0.2) is 0 Å². The normalized spacial score (nSPS) is 17.6. The van der Waals surface area contributed by atoms with Gasteiger partial charge in [0.25, 0.3) is 0 Å². The minimum atomic E-state index is -0.821. The van der Waals surface area contributed by atoms with Gasteiger partial charge in [0.1, 0.15) is 11.8 Å². The van der Waals surface area contributed by atoms with Crippen LogP contribution >= 0.6 is 0 Å². The van der Waals surface area contributed by atoms with Crippen molar-refractivity contribution in [3.8, 4) is 5.75 Å². The van der Waals surface area contributed by atoms with E-state index >= 15 is 0 Å². The summed E-state index contributed by atoms with van der Waals surface area (Å²) < 4.78 is 6.96. The third-order valence-corrected chi connectivity index (χ3v) is 4.83. The van der Waals surface area contributed by atoms with Crippen LogP contribution in [-0.2, 0) is 11.3 Å². The molecule has 7 heteroatoms. The second-order valence-corrected chi connectivity index (χ2v) is 6.75. The van der Waals surface area contributed by atoms with E-state index in [4.69, 9.17) is 4.74 Å². The van der Waals surface area contributed by atoms with E-state index in [-0.39, 0.29) is 0 Å². The van der Waals surface area contributed by atoms with Gasteiger partial charge in [0.05, 0.1) is 19.9 Å². The Balaban J connectivity index is 1.73. The smallest absolute Gasteiger partial charge is 0.325 e. The van der Waals surface area contributed by atoms with E-state index in [9.17, 15) is 9.90 Å². The SMILES string of the molecule is COc1ccc(Cn2cc([C@H](C(=O)O)N3CCCN(C)CC3)cn2)cc1. The number of carbonyl (C=O) groups is 1. The van der Waals surface area contributed by atoms with E-state index in [0.717, 1.165) is 49.5 Å². The predicted octanol–water partition coefficient (Wildman–Crippen LogP) is 1.70. The molecule has 3 rings (SSSR count). The van der Waals surface area contributed by atoms with Crippen molar-refractivity contribution in [2.75, 3.05) is 40.3 Å². The van der Waals surface area contributed by atoms with Gasteiger partial charge in [-0.1, -0.05) is 12.1 Å². The van der Waals surface area contributed by atoms with E-state index in [0.29, 0.717) is 6.54 Å². The minimum absolute atomic E-state index is 0.596. The average molecular weight is 358 g/mol. The molecule has 0 aliphatic carbocycles. The maximum atomic E-state index is 11.9. The summed E-state index contributed by atoms with van der Waals surface area (Å²) in [4.78, 5) is 16.2. The fourth-order valence-corrected chi connectivity index (χ4v) is 3.36. The Bertz CT molecular complexity index is 729. The fourth-order valence-electron chi connectivity index (χ4n) is 3.36. The topological polar surface area (TPSA) is 70.8 Å². The number of likely N-dealkylation sites (N-methyl/N-ethyl adjacent to an activating group) is 1.